The van der Waals surface area contributed by atoms with Crippen LogP contribution in [-0.4, -0.2) is 44.3 Å². The fourth-order valence-electron chi connectivity index (χ4n) is 4.61. The molecule has 1 fully saturated rings. The molecule has 7 nitrogen and oxygen atoms in total. The first-order valence-electron chi connectivity index (χ1n) is 12.1. The van der Waals surface area contributed by atoms with E-state index in [0.717, 1.165) is 55.1 Å². The Hall–Kier alpha value is -3.22. The van der Waals surface area contributed by atoms with Gasteiger partial charge in [-0.25, -0.2) is 4.68 Å². The summed E-state index contributed by atoms with van der Waals surface area (Å²) in [5.74, 6) is -0.229. The van der Waals surface area contributed by atoms with Gasteiger partial charge in [-0.05, 0) is 37.0 Å². The van der Waals surface area contributed by atoms with E-state index in [9.17, 15) is 9.59 Å². The molecule has 1 aliphatic rings. The molecule has 0 unspecified atom stereocenters. The van der Waals surface area contributed by atoms with Gasteiger partial charge in [-0.1, -0.05) is 80.3 Å². The number of rotatable bonds is 9. The zero-order valence-electron chi connectivity index (χ0n) is 19.3. The summed E-state index contributed by atoms with van der Waals surface area (Å²) in [6, 6.07) is 16.7. The third-order valence-electron chi connectivity index (χ3n) is 6.41. The molecular formula is C26H33N5O2. The van der Waals surface area contributed by atoms with Crippen LogP contribution in [0.25, 0.3) is 11.0 Å². The van der Waals surface area contributed by atoms with E-state index in [1.807, 2.05) is 54.6 Å². The summed E-state index contributed by atoms with van der Waals surface area (Å²) in [4.78, 5) is 29.0. The largest absolute Gasteiger partial charge is 0.351 e. The number of nitrogens with one attached hydrogen (secondary N) is 1. The molecule has 3 aromatic rings. The first-order chi connectivity index (χ1) is 16.2. The fourth-order valence-corrected chi connectivity index (χ4v) is 4.61. The Labute approximate surface area is 195 Å². The second kappa shape index (κ2) is 11.1. The number of carbonyl (C=O) groups excluding carboxylic acids is 2. The predicted octanol–water partition coefficient (Wildman–Crippen LogP) is 4.25. The van der Waals surface area contributed by atoms with Crippen LogP contribution < -0.4 is 5.32 Å². The third-order valence-corrected chi connectivity index (χ3v) is 6.41. The van der Waals surface area contributed by atoms with Crippen LogP contribution in [0.4, 0.5) is 0 Å². The first kappa shape index (κ1) is 23.0. The average Bonchev–Trinajstić information content (AvgIpc) is 3.25. The predicted molar refractivity (Wildman–Crippen MR) is 128 cm³/mol. The Morgan fingerprint density at radius 1 is 1.06 bits per heavy atom. The molecule has 33 heavy (non-hydrogen) atoms. The average molecular weight is 448 g/mol. The standard InChI is InChI=1S/C26H33N5O2/c1-2-3-18-30(24(32)19-31-23-17-11-10-16-22(23)28-29-31)25(20-12-6-4-7-13-20)26(33)27-21-14-8-5-9-15-21/h4,6-7,10-13,16-17,21,25H,2-3,5,8-9,14-15,18-19H2,1H3,(H,27,33)/t25-/m1/s1. The van der Waals surface area contributed by atoms with Crippen LogP contribution in [0.3, 0.4) is 0 Å². The van der Waals surface area contributed by atoms with Gasteiger partial charge in [0.25, 0.3) is 0 Å². The number of benzene rings is 2. The monoisotopic (exact) mass is 447 g/mol. The van der Waals surface area contributed by atoms with E-state index in [1.165, 1.54) is 6.42 Å². The van der Waals surface area contributed by atoms with E-state index in [4.69, 9.17) is 0 Å². The van der Waals surface area contributed by atoms with Gasteiger partial charge in [0.2, 0.25) is 11.8 Å². The van der Waals surface area contributed by atoms with Gasteiger partial charge in [0.15, 0.2) is 0 Å². The minimum absolute atomic E-state index is 0.0459. The molecule has 0 aliphatic heterocycles. The van der Waals surface area contributed by atoms with Crippen LogP contribution in [0.1, 0.15) is 63.5 Å². The summed E-state index contributed by atoms with van der Waals surface area (Å²) in [5.41, 5.74) is 2.39. The molecular weight excluding hydrogens is 414 g/mol. The minimum atomic E-state index is -0.665. The lowest BCUT2D eigenvalue weighted by atomic mass is 9.94. The highest BCUT2D eigenvalue weighted by atomic mass is 16.2. The Morgan fingerprint density at radius 3 is 2.55 bits per heavy atom. The Morgan fingerprint density at radius 2 is 1.79 bits per heavy atom. The van der Waals surface area contributed by atoms with Crippen molar-refractivity contribution in [3.05, 3.63) is 60.2 Å². The second-order valence-corrected chi connectivity index (χ2v) is 8.83. The number of fused-ring (bicyclic) bond motifs is 1. The maximum absolute atomic E-state index is 13.6. The van der Waals surface area contributed by atoms with Gasteiger partial charge in [-0.3, -0.25) is 9.59 Å². The van der Waals surface area contributed by atoms with E-state index in [1.54, 1.807) is 9.58 Å². The van der Waals surface area contributed by atoms with Crippen LogP contribution in [0.15, 0.2) is 54.6 Å². The molecule has 1 aromatic heterocycles. The maximum Gasteiger partial charge on any atom is 0.247 e. The van der Waals surface area contributed by atoms with E-state index >= 15 is 0 Å². The molecule has 1 aliphatic carbocycles. The second-order valence-electron chi connectivity index (χ2n) is 8.83. The highest BCUT2D eigenvalue weighted by molar-refractivity contribution is 5.89. The van der Waals surface area contributed by atoms with Crippen molar-refractivity contribution in [1.82, 2.24) is 25.2 Å². The van der Waals surface area contributed by atoms with E-state index < -0.39 is 6.04 Å². The summed E-state index contributed by atoms with van der Waals surface area (Å²) in [6.07, 6.45) is 7.26. The van der Waals surface area contributed by atoms with Gasteiger partial charge >= 0.3 is 0 Å². The number of nitrogens with zero attached hydrogens (tertiary/aromatic N) is 4. The molecule has 4 rings (SSSR count). The first-order valence-corrected chi connectivity index (χ1v) is 12.1. The number of unbranched alkanes of at least 4 members (excludes halogenated alkanes) is 1. The molecule has 0 bridgehead atoms. The van der Waals surface area contributed by atoms with E-state index in [-0.39, 0.29) is 24.4 Å². The number of para-hydroxylation sites is 1. The van der Waals surface area contributed by atoms with E-state index in [0.29, 0.717) is 6.54 Å². The summed E-state index contributed by atoms with van der Waals surface area (Å²) in [7, 11) is 0. The summed E-state index contributed by atoms with van der Waals surface area (Å²) in [5, 5.41) is 11.6. The molecule has 174 valence electrons. The number of amides is 2. The van der Waals surface area contributed by atoms with Crippen molar-refractivity contribution >= 4 is 22.8 Å². The normalized spacial score (nSPS) is 15.3. The molecule has 1 saturated carbocycles. The van der Waals surface area contributed by atoms with Gasteiger partial charge in [0, 0.05) is 12.6 Å². The molecule has 0 saturated heterocycles. The lowest BCUT2D eigenvalue weighted by Crippen LogP contribution is -2.48. The Bertz CT molecular complexity index is 1060. The van der Waals surface area contributed by atoms with Gasteiger partial charge in [-0.2, -0.15) is 0 Å². The van der Waals surface area contributed by atoms with Gasteiger partial charge in [0.1, 0.15) is 18.1 Å². The number of hydrogen-bond acceptors (Lipinski definition) is 4. The Kier molecular flexibility index (Phi) is 7.70. The summed E-state index contributed by atoms with van der Waals surface area (Å²) in [6.45, 7) is 2.65. The van der Waals surface area contributed by atoms with Crippen molar-refractivity contribution < 1.29 is 9.59 Å². The molecule has 1 N–H and O–H groups in total. The molecule has 2 amide bonds. The van der Waals surface area contributed by atoms with Crippen molar-refractivity contribution in [2.24, 2.45) is 0 Å². The zero-order valence-corrected chi connectivity index (χ0v) is 19.3. The van der Waals surface area contributed by atoms with Crippen molar-refractivity contribution in [2.75, 3.05) is 6.54 Å². The zero-order chi connectivity index (χ0) is 23.0. The van der Waals surface area contributed by atoms with E-state index in [2.05, 4.69) is 22.6 Å². The molecule has 1 atom stereocenters. The van der Waals surface area contributed by atoms with Crippen molar-refractivity contribution in [1.29, 1.82) is 0 Å². The highest BCUT2D eigenvalue weighted by Crippen LogP contribution is 2.25. The molecule has 0 spiro atoms. The smallest absolute Gasteiger partial charge is 0.247 e. The third kappa shape index (κ3) is 5.59. The Balaban J connectivity index is 1.62. The number of aromatic nitrogens is 3. The number of hydrogen-bond donors (Lipinski definition) is 1. The number of carbonyl (C=O) groups is 2. The lowest BCUT2D eigenvalue weighted by molar-refractivity contribution is -0.142. The van der Waals surface area contributed by atoms with Gasteiger partial charge in [-0.15, -0.1) is 5.10 Å². The van der Waals surface area contributed by atoms with Crippen molar-refractivity contribution in [2.45, 2.75) is 70.5 Å². The molecule has 1 heterocycles. The topological polar surface area (TPSA) is 80.1 Å². The van der Waals surface area contributed by atoms with Crippen molar-refractivity contribution in [3.63, 3.8) is 0 Å². The van der Waals surface area contributed by atoms with Crippen LogP contribution in [0.2, 0.25) is 0 Å². The van der Waals surface area contributed by atoms with Gasteiger partial charge in [0.05, 0.1) is 5.52 Å². The van der Waals surface area contributed by atoms with Crippen LogP contribution in [-0.2, 0) is 16.1 Å². The SMILES string of the molecule is CCCCN(C(=O)Cn1nnc2ccccc21)[C@@H](C(=O)NC1CCCCC1)c1ccccc1. The highest BCUT2D eigenvalue weighted by Gasteiger charge is 2.32. The van der Waals surface area contributed by atoms with Gasteiger partial charge < -0.3 is 10.2 Å². The summed E-state index contributed by atoms with van der Waals surface area (Å²) < 4.78 is 1.62. The maximum atomic E-state index is 13.6. The van der Waals surface area contributed by atoms with Crippen LogP contribution in [0, 0.1) is 0 Å². The quantitative estimate of drug-likeness (QED) is 0.532. The molecule has 0 radical (unpaired) electrons. The van der Waals surface area contributed by atoms with Crippen LogP contribution in [0.5, 0.6) is 0 Å². The fraction of sp³-hybridized carbons (Fsp3) is 0.462. The minimum Gasteiger partial charge on any atom is -0.351 e. The summed E-state index contributed by atoms with van der Waals surface area (Å²) >= 11 is 0. The van der Waals surface area contributed by atoms with Crippen LogP contribution >= 0.6 is 0 Å². The molecule has 7 heteroatoms. The lowest BCUT2D eigenvalue weighted by Gasteiger charge is -2.33. The molecule has 2 aromatic carbocycles. The van der Waals surface area contributed by atoms with Crippen molar-refractivity contribution in [3.8, 4) is 0 Å².